The van der Waals surface area contributed by atoms with Crippen molar-refractivity contribution in [2.45, 2.75) is 24.2 Å². The summed E-state index contributed by atoms with van der Waals surface area (Å²) in [6.07, 6.45) is 2.76. The molecule has 0 spiro atoms. The highest BCUT2D eigenvalue weighted by Crippen LogP contribution is 2.31. The third kappa shape index (κ3) is 3.59. The summed E-state index contributed by atoms with van der Waals surface area (Å²) in [7, 11) is -3.78. The van der Waals surface area contributed by atoms with Gasteiger partial charge in [0.15, 0.2) is 0 Å². The summed E-state index contributed by atoms with van der Waals surface area (Å²) in [5.74, 6) is -0.510. The first kappa shape index (κ1) is 15.9. The lowest BCUT2D eigenvalue weighted by atomic mass is 9.97. The van der Waals surface area contributed by atoms with E-state index in [1.165, 1.54) is 0 Å². The summed E-state index contributed by atoms with van der Waals surface area (Å²) < 4.78 is 40.0. The average molecular weight is 312 g/mol. The minimum atomic E-state index is -3.78. The number of aliphatic hydroxyl groups is 1. The Morgan fingerprint density at radius 1 is 1.38 bits per heavy atom. The fraction of sp³-hybridized carbons (Fsp3) is 0.500. The van der Waals surface area contributed by atoms with Crippen LogP contribution in [0.5, 0.6) is 0 Å². The summed E-state index contributed by atoms with van der Waals surface area (Å²) in [6.45, 7) is 0.300. The zero-order valence-electron chi connectivity index (χ0n) is 11.4. The van der Waals surface area contributed by atoms with Crippen molar-refractivity contribution in [3.05, 3.63) is 29.6 Å². The molecule has 0 radical (unpaired) electrons. The monoisotopic (exact) mass is 312 g/mol. The molecule has 2 rings (SSSR count). The van der Waals surface area contributed by atoms with E-state index in [4.69, 9.17) is 5.26 Å². The highest BCUT2D eigenvalue weighted by molar-refractivity contribution is 7.89. The molecule has 0 heterocycles. The lowest BCUT2D eigenvalue weighted by Crippen LogP contribution is -2.31. The van der Waals surface area contributed by atoms with Gasteiger partial charge in [-0.15, -0.1) is 0 Å². The van der Waals surface area contributed by atoms with Crippen molar-refractivity contribution < 1.29 is 17.9 Å². The molecule has 1 aromatic rings. The summed E-state index contributed by atoms with van der Waals surface area (Å²) in [5, 5.41) is 18.0. The highest BCUT2D eigenvalue weighted by atomic mass is 32.2. The molecule has 1 aromatic carbocycles. The van der Waals surface area contributed by atoms with Crippen LogP contribution in [0.25, 0.3) is 0 Å². The Bertz CT molecular complexity index is 655. The molecule has 2 unspecified atom stereocenters. The molecule has 114 valence electrons. The number of halogens is 1. The maximum Gasteiger partial charge on any atom is 0.240 e. The number of benzene rings is 1. The second kappa shape index (κ2) is 6.52. The van der Waals surface area contributed by atoms with Gasteiger partial charge in [0.2, 0.25) is 10.0 Å². The highest BCUT2D eigenvalue weighted by Gasteiger charge is 2.28. The van der Waals surface area contributed by atoms with Crippen molar-refractivity contribution in [1.82, 2.24) is 4.72 Å². The number of rotatable bonds is 5. The average Bonchev–Trinajstić information content (AvgIpc) is 2.93. The largest absolute Gasteiger partial charge is 0.396 e. The SMILES string of the molecule is N#Cc1cc(S(=O)(=O)NCC2CCCC2CO)ccc1F. The van der Waals surface area contributed by atoms with Gasteiger partial charge in [-0.1, -0.05) is 6.42 Å². The standard InChI is InChI=1S/C14H17FN2O3S/c15-14-5-4-13(6-12(14)7-16)21(19,20)17-8-10-2-1-3-11(10)9-18/h4-6,10-11,17-18H,1-3,8-9H2. The molecule has 2 N–H and O–H groups in total. The Kier molecular flexibility index (Phi) is 4.93. The minimum Gasteiger partial charge on any atom is -0.396 e. The van der Waals surface area contributed by atoms with E-state index in [2.05, 4.69) is 4.72 Å². The van der Waals surface area contributed by atoms with Crippen molar-refractivity contribution >= 4 is 10.0 Å². The Labute approximate surface area is 123 Å². The maximum atomic E-state index is 13.2. The smallest absolute Gasteiger partial charge is 0.240 e. The Morgan fingerprint density at radius 3 is 2.76 bits per heavy atom. The van der Waals surface area contributed by atoms with Crippen LogP contribution in [-0.2, 0) is 10.0 Å². The number of sulfonamides is 1. The van der Waals surface area contributed by atoms with Crippen LogP contribution in [0, 0.1) is 29.0 Å². The lowest BCUT2D eigenvalue weighted by Gasteiger charge is -2.17. The zero-order valence-corrected chi connectivity index (χ0v) is 12.2. The predicted octanol–water partition coefficient (Wildman–Crippen LogP) is 1.38. The Hall–Kier alpha value is -1.49. The predicted molar refractivity (Wildman–Crippen MR) is 74.2 cm³/mol. The number of nitrogens with zero attached hydrogens (tertiary/aromatic N) is 1. The summed E-state index contributed by atoms with van der Waals surface area (Å²) in [6, 6.07) is 4.75. The molecule has 2 atom stereocenters. The van der Waals surface area contributed by atoms with Gasteiger partial charge in [0.05, 0.1) is 10.5 Å². The molecule has 5 nitrogen and oxygen atoms in total. The quantitative estimate of drug-likeness (QED) is 0.859. The fourth-order valence-corrected chi connectivity index (χ4v) is 3.80. The lowest BCUT2D eigenvalue weighted by molar-refractivity contribution is 0.195. The van der Waals surface area contributed by atoms with Crippen LogP contribution in [0.3, 0.4) is 0 Å². The van der Waals surface area contributed by atoms with E-state index >= 15 is 0 Å². The van der Waals surface area contributed by atoms with E-state index in [-0.39, 0.29) is 35.4 Å². The van der Waals surface area contributed by atoms with Crippen molar-refractivity contribution in [2.75, 3.05) is 13.2 Å². The minimum absolute atomic E-state index is 0.0571. The van der Waals surface area contributed by atoms with Crippen molar-refractivity contribution in [2.24, 2.45) is 11.8 Å². The van der Waals surface area contributed by atoms with E-state index in [1.54, 1.807) is 6.07 Å². The van der Waals surface area contributed by atoms with Crippen molar-refractivity contribution in [3.8, 4) is 6.07 Å². The van der Waals surface area contributed by atoms with E-state index in [0.29, 0.717) is 0 Å². The first-order valence-corrected chi connectivity index (χ1v) is 8.26. The normalized spacial score (nSPS) is 22.1. The van der Waals surface area contributed by atoms with Gasteiger partial charge in [-0.2, -0.15) is 5.26 Å². The third-order valence-corrected chi connectivity index (χ3v) is 5.38. The van der Waals surface area contributed by atoms with Gasteiger partial charge in [0.1, 0.15) is 11.9 Å². The number of hydrogen-bond donors (Lipinski definition) is 2. The van der Waals surface area contributed by atoms with Gasteiger partial charge in [0.25, 0.3) is 0 Å². The molecule has 1 fully saturated rings. The molecule has 0 amide bonds. The molecule has 0 aliphatic heterocycles. The van der Waals surface area contributed by atoms with E-state index in [1.807, 2.05) is 0 Å². The Balaban J connectivity index is 2.10. The van der Waals surface area contributed by atoms with Crippen LogP contribution in [0.2, 0.25) is 0 Å². The third-order valence-electron chi connectivity index (χ3n) is 3.96. The van der Waals surface area contributed by atoms with Crippen LogP contribution >= 0.6 is 0 Å². The van der Waals surface area contributed by atoms with Gasteiger partial charge >= 0.3 is 0 Å². The van der Waals surface area contributed by atoms with E-state index in [9.17, 15) is 17.9 Å². The molecule has 1 aliphatic rings. The van der Waals surface area contributed by atoms with Gasteiger partial charge in [0, 0.05) is 13.2 Å². The number of nitriles is 1. The van der Waals surface area contributed by atoms with Crippen molar-refractivity contribution in [3.63, 3.8) is 0 Å². The molecule has 21 heavy (non-hydrogen) atoms. The fourth-order valence-electron chi connectivity index (χ4n) is 2.68. The van der Waals surface area contributed by atoms with Crippen LogP contribution in [0.1, 0.15) is 24.8 Å². The molecule has 0 saturated heterocycles. The second-order valence-electron chi connectivity index (χ2n) is 5.24. The molecular weight excluding hydrogens is 295 g/mol. The zero-order chi connectivity index (χ0) is 15.5. The Morgan fingerprint density at radius 2 is 2.10 bits per heavy atom. The number of nitrogens with one attached hydrogen (secondary N) is 1. The molecule has 0 aromatic heterocycles. The topological polar surface area (TPSA) is 90.2 Å². The van der Waals surface area contributed by atoms with Crippen LogP contribution in [0.15, 0.2) is 23.1 Å². The van der Waals surface area contributed by atoms with Crippen LogP contribution < -0.4 is 4.72 Å². The first-order valence-electron chi connectivity index (χ1n) is 6.78. The van der Waals surface area contributed by atoms with Crippen LogP contribution in [-0.4, -0.2) is 26.7 Å². The summed E-state index contributed by atoms with van der Waals surface area (Å²) in [4.78, 5) is -0.126. The van der Waals surface area contributed by atoms with E-state index in [0.717, 1.165) is 37.5 Å². The van der Waals surface area contributed by atoms with Crippen molar-refractivity contribution in [1.29, 1.82) is 5.26 Å². The van der Waals surface area contributed by atoms with Gasteiger partial charge < -0.3 is 5.11 Å². The van der Waals surface area contributed by atoms with Gasteiger partial charge in [-0.25, -0.2) is 17.5 Å². The number of hydrogen-bond acceptors (Lipinski definition) is 4. The maximum absolute atomic E-state index is 13.2. The molecule has 1 saturated carbocycles. The number of aliphatic hydroxyl groups excluding tert-OH is 1. The summed E-state index contributed by atoms with van der Waals surface area (Å²) >= 11 is 0. The molecule has 0 bridgehead atoms. The molecular formula is C14H17FN2O3S. The van der Waals surface area contributed by atoms with Crippen LogP contribution in [0.4, 0.5) is 4.39 Å². The second-order valence-corrected chi connectivity index (χ2v) is 7.01. The van der Waals surface area contributed by atoms with Gasteiger partial charge in [-0.05, 0) is 42.9 Å². The molecule has 1 aliphatic carbocycles. The molecule has 7 heteroatoms. The summed E-state index contributed by atoms with van der Waals surface area (Å²) in [5.41, 5.74) is -0.299. The first-order chi connectivity index (χ1) is 9.97. The van der Waals surface area contributed by atoms with Gasteiger partial charge in [-0.3, -0.25) is 0 Å². The van der Waals surface area contributed by atoms with E-state index < -0.39 is 15.8 Å².